The number of hydrogen-bond acceptors (Lipinski definition) is 2. The van der Waals surface area contributed by atoms with Gasteiger partial charge in [-0.25, -0.2) is 9.18 Å². The minimum atomic E-state index is -0.840. The fraction of sp³-hybridized carbons (Fsp3) is 0.533. The zero-order valence-electron chi connectivity index (χ0n) is 11.5. The monoisotopic (exact) mass is 313 g/mol. The third-order valence-electron chi connectivity index (χ3n) is 4.62. The lowest BCUT2D eigenvalue weighted by Crippen LogP contribution is -2.46. The largest absolute Gasteiger partial charge is 0.492 e. The molecule has 1 heterocycles. The van der Waals surface area contributed by atoms with Gasteiger partial charge < -0.3 is 14.7 Å². The molecule has 2 bridgehead atoms. The Balaban J connectivity index is 1.63. The van der Waals surface area contributed by atoms with Gasteiger partial charge >= 0.3 is 6.09 Å². The fourth-order valence-electron chi connectivity index (χ4n) is 3.54. The SMILES string of the molecule is O=C(O)N1CC2CCC(C1)C2COc1ccc(F)cc1Cl. The van der Waals surface area contributed by atoms with Crippen LogP contribution in [-0.2, 0) is 0 Å². The van der Waals surface area contributed by atoms with Gasteiger partial charge in [0, 0.05) is 19.0 Å². The molecule has 1 N–H and O–H groups in total. The van der Waals surface area contributed by atoms with Crippen LogP contribution in [0.2, 0.25) is 5.02 Å². The summed E-state index contributed by atoms with van der Waals surface area (Å²) in [7, 11) is 0. The second-order valence-electron chi connectivity index (χ2n) is 5.83. The van der Waals surface area contributed by atoms with Crippen molar-refractivity contribution in [3.63, 3.8) is 0 Å². The number of hydrogen-bond donors (Lipinski definition) is 1. The molecule has 2 aliphatic rings. The van der Waals surface area contributed by atoms with Crippen LogP contribution in [0.1, 0.15) is 12.8 Å². The van der Waals surface area contributed by atoms with Crippen molar-refractivity contribution in [3.8, 4) is 5.75 Å². The van der Waals surface area contributed by atoms with Crippen LogP contribution in [0.4, 0.5) is 9.18 Å². The van der Waals surface area contributed by atoms with Crippen molar-refractivity contribution in [2.75, 3.05) is 19.7 Å². The van der Waals surface area contributed by atoms with Gasteiger partial charge in [-0.15, -0.1) is 0 Å². The number of amides is 1. The Kier molecular flexibility index (Phi) is 3.93. The summed E-state index contributed by atoms with van der Waals surface area (Å²) in [5.41, 5.74) is 0. The summed E-state index contributed by atoms with van der Waals surface area (Å²) in [4.78, 5) is 12.6. The number of halogens is 2. The van der Waals surface area contributed by atoms with E-state index in [9.17, 15) is 9.18 Å². The van der Waals surface area contributed by atoms with E-state index in [4.69, 9.17) is 21.4 Å². The molecule has 4 nitrogen and oxygen atoms in total. The van der Waals surface area contributed by atoms with Crippen LogP contribution >= 0.6 is 11.6 Å². The number of benzene rings is 1. The molecule has 2 unspecified atom stereocenters. The third kappa shape index (κ3) is 2.93. The molecule has 114 valence electrons. The first-order valence-electron chi connectivity index (χ1n) is 7.10. The third-order valence-corrected chi connectivity index (χ3v) is 4.92. The van der Waals surface area contributed by atoms with E-state index in [2.05, 4.69) is 0 Å². The molecular formula is C15H17ClFNO3. The van der Waals surface area contributed by atoms with Crippen LogP contribution in [0.3, 0.4) is 0 Å². The predicted octanol–water partition coefficient (Wildman–Crippen LogP) is 3.49. The van der Waals surface area contributed by atoms with E-state index < -0.39 is 6.09 Å². The Labute approximate surface area is 127 Å². The van der Waals surface area contributed by atoms with Crippen LogP contribution in [-0.4, -0.2) is 35.8 Å². The maximum atomic E-state index is 13.0. The molecule has 21 heavy (non-hydrogen) atoms. The van der Waals surface area contributed by atoms with Gasteiger partial charge in [-0.3, -0.25) is 0 Å². The summed E-state index contributed by atoms with van der Waals surface area (Å²) < 4.78 is 18.7. The summed E-state index contributed by atoms with van der Waals surface area (Å²) in [6.07, 6.45) is 1.24. The number of ether oxygens (including phenoxy) is 1. The van der Waals surface area contributed by atoms with Gasteiger partial charge in [-0.05, 0) is 42.9 Å². The Morgan fingerprint density at radius 2 is 2.05 bits per heavy atom. The molecule has 2 fully saturated rings. The first-order valence-corrected chi connectivity index (χ1v) is 7.48. The lowest BCUT2D eigenvalue weighted by molar-refractivity contribution is 0.0686. The lowest BCUT2D eigenvalue weighted by atomic mass is 9.86. The van der Waals surface area contributed by atoms with Crippen molar-refractivity contribution >= 4 is 17.7 Å². The average molecular weight is 314 g/mol. The Hall–Kier alpha value is -1.49. The normalized spacial score (nSPS) is 27.7. The molecule has 1 aromatic carbocycles. The van der Waals surface area contributed by atoms with Crippen LogP contribution in [0, 0.1) is 23.6 Å². The number of likely N-dealkylation sites (tertiary alicyclic amines) is 1. The van der Waals surface area contributed by atoms with Gasteiger partial charge in [0.1, 0.15) is 11.6 Å². The topological polar surface area (TPSA) is 49.8 Å². The number of fused-ring (bicyclic) bond motifs is 2. The highest BCUT2D eigenvalue weighted by Gasteiger charge is 2.43. The molecule has 1 saturated heterocycles. The minimum absolute atomic E-state index is 0.269. The van der Waals surface area contributed by atoms with Gasteiger partial charge in [0.25, 0.3) is 0 Å². The highest BCUT2D eigenvalue weighted by atomic mass is 35.5. The fourth-order valence-corrected chi connectivity index (χ4v) is 3.76. The highest BCUT2D eigenvalue weighted by molar-refractivity contribution is 6.32. The molecular weight excluding hydrogens is 297 g/mol. The standard InChI is InChI=1S/C15H17ClFNO3/c16-13-5-11(17)3-4-14(13)21-8-12-9-1-2-10(12)7-18(6-9)15(19)20/h3-5,9-10,12H,1-2,6-8H2,(H,19,20). The van der Waals surface area contributed by atoms with E-state index in [0.29, 0.717) is 43.2 Å². The highest BCUT2D eigenvalue weighted by Crippen LogP contribution is 2.42. The zero-order valence-corrected chi connectivity index (χ0v) is 12.2. The number of carbonyl (C=O) groups is 1. The summed E-state index contributed by atoms with van der Waals surface area (Å²) in [5.74, 6) is 1.14. The molecule has 1 saturated carbocycles. The number of piperidine rings is 1. The van der Waals surface area contributed by atoms with Gasteiger partial charge in [0.15, 0.2) is 0 Å². The summed E-state index contributed by atoms with van der Waals surface area (Å²) in [5, 5.41) is 9.37. The molecule has 1 amide bonds. The van der Waals surface area contributed by atoms with Gasteiger partial charge in [0.2, 0.25) is 0 Å². The lowest BCUT2D eigenvalue weighted by Gasteiger charge is -2.36. The zero-order chi connectivity index (χ0) is 15.0. The number of rotatable bonds is 3. The minimum Gasteiger partial charge on any atom is -0.492 e. The van der Waals surface area contributed by atoms with E-state index in [1.807, 2.05) is 0 Å². The summed E-state index contributed by atoms with van der Waals surface area (Å²) >= 11 is 5.95. The molecule has 0 aromatic heterocycles. The van der Waals surface area contributed by atoms with Crippen molar-refractivity contribution in [1.29, 1.82) is 0 Å². The van der Waals surface area contributed by atoms with E-state index in [1.165, 1.54) is 23.1 Å². The number of carboxylic acid groups (broad SMARTS) is 1. The van der Waals surface area contributed by atoms with Gasteiger partial charge in [-0.1, -0.05) is 11.6 Å². The van der Waals surface area contributed by atoms with Gasteiger partial charge in [-0.2, -0.15) is 0 Å². The van der Waals surface area contributed by atoms with Crippen LogP contribution in [0.15, 0.2) is 18.2 Å². The smallest absolute Gasteiger partial charge is 0.407 e. The molecule has 1 aliphatic carbocycles. The van der Waals surface area contributed by atoms with E-state index in [-0.39, 0.29) is 10.8 Å². The first kappa shape index (κ1) is 14.4. The molecule has 0 spiro atoms. The van der Waals surface area contributed by atoms with Crippen LogP contribution in [0.25, 0.3) is 0 Å². The molecule has 1 aliphatic heterocycles. The van der Waals surface area contributed by atoms with Crippen molar-refractivity contribution in [3.05, 3.63) is 29.0 Å². The summed E-state index contributed by atoms with van der Waals surface area (Å²) in [6.45, 7) is 1.67. The van der Waals surface area contributed by atoms with Crippen molar-refractivity contribution in [1.82, 2.24) is 4.90 Å². The molecule has 6 heteroatoms. The van der Waals surface area contributed by atoms with Crippen LogP contribution in [0.5, 0.6) is 5.75 Å². The molecule has 3 rings (SSSR count). The van der Waals surface area contributed by atoms with Crippen LogP contribution < -0.4 is 4.74 Å². The molecule has 2 atom stereocenters. The maximum absolute atomic E-state index is 13.0. The van der Waals surface area contributed by atoms with Gasteiger partial charge in [0.05, 0.1) is 11.6 Å². The average Bonchev–Trinajstić information content (AvgIpc) is 2.67. The van der Waals surface area contributed by atoms with Crippen molar-refractivity contribution < 1.29 is 19.0 Å². The van der Waals surface area contributed by atoms with Crippen molar-refractivity contribution in [2.45, 2.75) is 12.8 Å². The van der Waals surface area contributed by atoms with E-state index in [1.54, 1.807) is 0 Å². The quantitative estimate of drug-likeness (QED) is 0.929. The predicted molar refractivity (Wildman–Crippen MR) is 76.2 cm³/mol. The van der Waals surface area contributed by atoms with E-state index in [0.717, 1.165) is 12.8 Å². The Bertz CT molecular complexity index is 540. The molecule has 1 aromatic rings. The number of nitrogens with zero attached hydrogens (tertiary/aromatic N) is 1. The second kappa shape index (κ2) is 5.72. The molecule has 0 radical (unpaired) electrons. The Morgan fingerprint density at radius 1 is 1.38 bits per heavy atom. The Morgan fingerprint density at radius 3 is 2.62 bits per heavy atom. The summed E-state index contributed by atoms with van der Waals surface area (Å²) in [6, 6.07) is 4.09. The first-order chi connectivity index (χ1) is 10.0. The van der Waals surface area contributed by atoms with Crippen molar-refractivity contribution in [2.24, 2.45) is 17.8 Å². The maximum Gasteiger partial charge on any atom is 0.407 e. The second-order valence-corrected chi connectivity index (χ2v) is 6.24. The van der Waals surface area contributed by atoms with E-state index >= 15 is 0 Å².